The van der Waals surface area contributed by atoms with Gasteiger partial charge in [0.2, 0.25) is 0 Å². The summed E-state index contributed by atoms with van der Waals surface area (Å²) in [5.41, 5.74) is 3.42. The van der Waals surface area contributed by atoms with Crippen molar-refractivity contribution in [2.75, 3.05) is 38.7 Å². The van der Waals surface area contributed by atoms with Gasteiger partial charge in [0.15, 0.2) is 0 Å². The van der Waals surface area contributed by atoms with E-state index in [2.05, 4.69) is 72.8 Å². The molecule has 4 aromatic rings. The highest BCUT2D eigenvalue weighted by atomic mass is 32.2. The fraction of sp³-hybridized carbons (Fsp3) is 0.333. The zero-order chi connectivity index (χ0) is 37.7. The van der Waals surface area contributed by atoms with E-state index in [4.69, 9.17) is 19.0 Å². The molecule has 0 spiro atoms. The van der Waals surface area contributed by atoms with Crippen LogP contribution in [0.2, 0.25) is 0 Å². The number of hydrogen-bond acceptors (Lipinski definition) is 9. The minimum Gasteiger partial charge on any atom is -0.444 e. The van der Waals surface area contributed by atoms with Crippen molar-refractivity contribution in [1.29, 1.82) is 0 Å². The topological polar surface area (TPSA) is 112 Å². The first kappa shape index (κ1) is 39.1. The molecule has 1 aliphatic heterocycles. The van der Waals surface area contributed by atoms with Crippen LogP contribution in [0.4, 0.5) is 9.59 Å². The molecule has 0 aromatic heterocycles. The van der Waals surface area contributed by atoms with Gasteiger partial charge in [0.1, 0.15) is 18.8 Å². The summed E-state index contributed by atoms with van der Waals surface area (Å²) in [4.78, 5) is 57.2. The number of carbonyl (C=O) groups excluding carboxylic acids is 4. The largest absolute Gasteiger partial charge is 0.508 e. The first-order valence-corrected chi connectivity index (χ1v) is 18.8. The van der Waals surface area contributed by atoms with Crippen molar-refractivity contribution in [1.82, 2.24) is 9.96 Å². The molecule has 278 valence electrons. The van der Waals surface area contributed by atoms with Crippen LogP contribution in [-0.4, -0.2) is 78.3 Å². The third kappa shape index (κ3) is 10.3. The number of ether oxygens (including phenoxy) is 3. The maximum atomic E-state index is 13.3. The maximum Gasteiger partial charge on any atom is 0.508 e. The van der Waals surface area contributed by atoms with Gasteiger partial charge in [-0.2, -0.15) is 0 Å². The van der Waals surface area contributed by atoms with E-state index in [0.29, 0.717) is 31.0 Å². The Labute approximate surface area is 315 Å². The Morgan fingerprint density at radius 2 is 1.09 bits per heavy atom. The van der Waals surface area contributed by atoms with Crippen molar-refractivity contribution in [2.45, 2.75) is 50.4 Å². The fourth-order valence-electron chi connectivity index (χ4n) is 6.01. The van der Waals surface area contributed by atoms with Gasteiger partial charge in [-0.3, -0.25) is 14.4 Å². The van der Waals surface area contributed by atoms with Crippen molar-refractivity contribution in [3.8, 4) is 0 Å². The van der Waals surface area contributed by atoms with Crippen LogP contribution in [0, 0.1) is 0 Å². The van der Waals surface area contributed by atoms with Crippen molar-refractivity contribution in [3.05, 3.63) is 143 Å². The fourth-order valence-corrected chi connectivity index (χ4v) is 7.50. The highest BCUT2D eigenvalue weighted by Crippen LogP contribution is 2.48. The SMILES string of the molecule is CC(C)(C)OC(=O)N(CCCCOC(=O)OCCON1C(=O)c2ccccc2C1=O)CCCSC(c1ccccc1)(c1ccccc1)c1ccccc1. The molecule has 5 rings (SSSR count). The van der Waals surface area contributed by atoms with E-state index in [1.165, 1.54) is 16.7 Å². The quantitative estimate of drug-likeness (QED) is 0.0456. The molecule has 53 heavy (non-hydrogen) atoms. The molecule has 0 N–H and O–H groups in total. The molecule has 10 nitrogen and oxygen atoms in total. The minimum atomic E-state index is -0.893. The van der Waals surface area contributed by atoms with Crippen LogP contribution >= 0.6 is 11.8 Å². The standard InChI is InChI=1S/C42H46N2O8S/c1-41(2,3)52-39(47)43(26-15-16-28-49-40(48)50-29-30-51-44-37(45)35-24-13-14-25-36(35)38(44)46)27-17-31-53-42(32-18-7-4-8-19-32,33-20-9-5-10-21-33)34-22-11-6-12-23-34/h4-14,18-25H,15-17,26-31H2,1-3H3. The summed E-state index contributed by atoms with van der Waals surface area (Å²) in [7, 11) is 0. The highest BCUT2D eigenvalue weighted by molar-refractivity contribution is 8.00. The molecule has 4 aromatic carbocycles. The molecule has 1 aliphatic rings. The van der Waals surface area contributed by atoms with Gasteiger partial charge < -0.3 is 19.1 Å². The van der Waals surface area contributed by atoms with E-state index in [9.17, 15) is 19.2 Å². The Hall–Kier alpha value is -5.13. The van der Waals surface area contributed by atoms with Gasteiger partial charge in [-0.05, 0) is 74.6 Å². The average Bonchev–Trinajstić information content (AvgIpc) is 3.40. The summed E-state index contributed by atoms with van der Waals surface area (Å²) < 4.78 is 15.5. The lowest BCUT2D eigenvalue weighted by Crippen LogP contribution is -2.38. The number of hydroxylamine groups is 2. The number of nitrogens with zero attached hydrogens (tertiary/aromatic N) is 2. The third-order valence-electron chi connectivity index (χ3n) is 8.41. The second-order valence-corrected chi connectivity index (χ2v) is 14.7. The van der Waals surface area contributed by atoms with Gasteiger partial charge in [-0.1, -0.05) is 103 Å². The summed E-state index contributed by atoms with van der Waals surface area (Å²) in [6.07, 6.45) is 0.513. The smallest absolute Gasteiger partial charge is 0.444 e. The predicted octanol–water partition coefficient (Wildman–Crippen LogP) is 8.50. The van der Waals surface area contributed by atoms with Gasteiger partial charge in [0.05, 0.1) is 22.5 Å². The monoisotopic (exact) mass is 738 g/mol. The number of carbonyl (C=O) groups is 4. The molecule has 0 saturated heterocycles. The normalized spacial score (nSPS) is 12.7. The molecule has 0 unspecified atom stereocenters. The van der Waals surface area contributed by atoms with Gasteiger partial charge in [0.25, 0.3) is 11.8 Å². The molecule has 0 bridgehead atoms. The second kappa shape index (κ2) is 18.6. The molecule has 0 atom stereocenters. The van der Waals surface area contributed by atoms with Crippen molar-refractivity contribution < 1.29 is 38.2 Å². The highest BCUT2D eigenvalue weighted by Gasteiger charge is 2.38. The number of unbranched alkanes of at least 4 members (excludes halogenated alkanes) is 1. The van der Waals surface area contributed by atoms with Gasteiger partial charge >= 0.3 is 12.2 Å². The maximum absolute atomic E-state index is 13.3. The van der Waals surface area contributed by atoms with Crippen LogP contribution in [0.5, 0.6) is 0 Å². The molecule has 11 heteroatoms. The van der Waals surface area contributed by atoms with E-state index < -0.39 is 28.3 Å². The number of thioether (sulfide) groups is 1. The zero-order valence-corrected chi connectivity index (χ0v) is 31.2. The predicted molar refractivity (Wildman–Crippen MR) is 204 cm³/mol. The molecule has 1 heterocycles. The number of fused-ring (bicyclic) bond motifs is 1. The lowest BCUT2D eigenvalue weighted by molar-refractivity contribution is -0.103. The third-order valence-corrected chi connectivity index (χ3v) is 10.0. The molecule has 0 aliphatic carbocycles. The van der Waals surface area contributed by atoms with E-state index >= 15 is 0 Å². The van der Waals surface area contributed by atoms with Crippen LogP contribution in [0.1, 0.15) is 77.4 Å². The van der Waals surface area contributed by atoms with Crippen LogP contribution in [0.3, 0.4) is 0 Å². The summed E-state index contributed by atoms with van der Waals surface area (Å²) in [5.74, 6) is -0.358. The molecular formula is C42H46N2O8S. The molecule has 0 fully saturated rings. The van der Waals surface area contributed by atoms with Crippen LogP contribution in [0.15, 0.2) is 115 Å². The Balaban J connectivity index is 1.10. The lowest BCUT2D eigenvalue weighted by atomic mass is 9.84. The van der Waals surface area contributed by atoms with Crippen LogP contribution in [0.25, 0.3) is 0 Å². The van der Waals surface area contributed by atoms with Crippen molar-refractivity contribution >= 4 is 35.8 Å². The Kier molecular flexibility index (Phi) is 13.7. The minimum absolute atomic E-state index is 0.0872. The summed E-state index contributed by atoms with van der Waals surface area (Å²) >= 11 is 1.85. The molecule has 0 radical (unpaired) electrons. The van der Waals surface area contributed by atoms with Crippen LogP contribution in [-0.2, 0) is 23.8 Å². The van der Waals surface area contributed by atoms with Crippen LogP contribution < -0.4 is 0 Å². The van der Waals surface area contributed by atoms with E-state index in [1.807, 2.05) is 50.7 Å². The Morgan fingerprint density at radius 3 is 1.60 bits per heavy atom. The average molecular weight is 739 g/mol. The van der Waals surface area contributed by atoms with Gasteiger partial charge in [-0.15, -0.1) is 16.8 Å². The molecular weight excluding hydrogens is 693 g/mol. The lowest BCUT2D eigenvalue weighted by Gasteiger charge is -2.36. The zero-order valence-electron chi connectivity index (χ0n) is 30.4. The second-order valence-electron chi connectivity index (χ2n) is 13.4. The first-order valence-electron chi connectivity index (χ1n) is 17.8. The number of rotatable bonds is 17. The Morgan fingerprint density at radius 1 is 0.623 bits per heavy atom. The van der Waals surface area contributed by atoms with Gasteiger partial charge in [0, 0.05) is 13.1 Å². The Bertz CT molecular complexity index is 1680. The van der Waals surface area contributed by atoms with Gasteiger partial charge in [-0.25, -0.2) is 9.59 Å². The van der Waals surface area contributed by atoms with E-state index in [0.717, 1.165) is 12.2 Å². The van der Waals surface area contributed by atoms with Crippen molar-refractivity contribution in [3.63, 3.8) is 0 Å². The first-order chi connectivity index (χ1) is 25.6. The summed E-state index contributed by atoms with van der Waals surface area (Å²) in [5, 5.41) is 0.667. The number of hydrogen-bond donors (Lipinski definition) is 0. The number of benzene rings is 4. The van der Waals surface area contributed by atoms with Crippen molar-refractivity contribution in [2.24, 2.45) is 0 Å². The number of amides is 3. The summed E-state index contributed by atoms with van der Waals surface area (Å²) in [6, 6.07) is 38.0. The molecule has 0 saturated carbocycles. The molecule has 3 amide bonds. The summed E-state index contributed by atoms with van der Waals surface area (Å²) in [6.45, 7) is 6.12. The van der Waals surface area contributed by atoms with E-state index in [-0.39, 0.29) is 37.0 Å². The number of imide groups is 1. The van der Waals surface area contributed by atoms with E-state index in [1.54, 1.807) is 29.2 Å².